The summed E-state index contributed by atoms with van der Waals surface area (Å²) in [4.78, 5) is 37.5. The molecular formula is C21H26N2O4. The summed E-state index contributed by atoms with van der Waals surface area (Å²) in [6.45, 7) is 3.33. The Bertz CT molecular complexity index is 742. The Morgan fingerprint density at radius 2 is 2.00 bits per heavy atom. The second-order valence-corrected chi connectivity index (χ2v) is 6.54. The third kappa shape index (κ3) is 6.45. The van der Waals surface area contributed by atoms with E-state index in [-0.39, 0.29) is 11.8 Å². The average Bonchev–Trinajstić information content (AvgIpc) is 3.22. The molecule has 6 nitrogen and oxygen atoms in total. The number of carbonyl (C=O) groups excluding carboxylic acids is 3. The van der Waals surface area contributed by atoms with Gasteiger partial charge in [0.25, 0.3) is 5.91 Å². The number of rotatable bonds is 6. The van der Waals surface area contributed by atoms with Crippen LogP contribution < -0.4 is 5.32 Å². The van der Waals surface area contributed by atoms with E-state index in [2.05, 4.69) is 21.9 Å². The Labute approximate surface area is 160 Å². The monoisotopic (exact) mass is 370 g/mol. The van der Waals surface area contributed by atoms with Gasteiger partial charge >= 0.3 is 5.97 Å². The van der Waals surface area contributed by atoms with Gasteiger partial charge in [0, 0.05) is 37.1 Å². The van der Waals surface area contributed by atoms with E-state index >= 15 is 0 Å². The van der Waals surface area contributed by atoms with Gasteiger partial charge in [-0.1, -0.05) is 17.9 Å². The number of amides is 2. The van der Waals surface area contributed by atoms with Crippen molar-refractivity contribution in [3.8, 4) is 11.8 Å². The quantitative estimate of drug-likeness (QED) is 0.473. The Kier molecular flexibility index (Phi) is 7.87. The van der Waals surface area contributed by atoms with Gasteiger partial charge in [-0.15, -0.1) is 0 Å². The van der Waals surface area contributed by atoms with Crippen LogP contribution in [-0.4, -0.2) is 48.9 Å². The third-order valence-electron chi connectivity index (χ3n) is 4.41. The van der Waals surface area contributed by atoms with Crippen LogP contribution in [0.4, 0.5) is 0 Å². The Morgan fingerprint density at radius 3 is 2.70 bits per heavy atom. The molecule has 0 bridgehead atoms. The van der Waals surface area contributed by atoms with Crippen molar-refractivity contribution in [2.45, 2.75) is 45.1 Å². The van der Waals surface area contributed by atoms with E-state index in [0.29, 0.717) is 18.4 Å². The Hall–Kier alpha value is -2.81. The first-order valence-corrected chi connectivity index (χ1v) is 9.26. The molecular weight excluding hydrogens is 344 g/mol. The molecule has 1 heterocycles. The number of unbranched alkanes of at least 4 members (excludes halogenated alkanes) is 1. The summed E-state index contributed by atoms with van der Waals surface area (Å²) < 4.78 is 4.59. The maximum absolute atomic E-state index is 12.2. The average molecular weight is 370 g/mol. The number of methoxy groups -OCH3 is 1. The van der Waals surface area contributed by atoms with Gasteiger partial charge in [-0.2, -0.15) is 0 Å². The Balaban J connectivity index is 1.83. The number of hydrogen-bond acceptors (Lipinski definition) is 4. The molecule has 1 aromatic rings. The van der Waals surface area contributed by atoms with Crippen molar-refractivity contribution in [3.05, 3.63) is 35.4 Å². The molecule has 1 aromatic carbocycles. The topological polar surface area (TPSA) is 75.7 Å². The summed E-state index contributed by atoms with van der Waals surface area (Å²) in [7, 11) is 1.28. The second-order valence-electron chi connectivity index (χ2n) is 6.54. The van der Waals surface area contributed by atoms with Gasteiger partial charge < -0.3 is 15.0 Å². The van der Waals surface area contributed by atoms with Crippen molar-refractivity contribution in [1.82, 2.24) is 10.2 Å². The standard InChI is InChI=1S/C21H26N2O4/c1-16(21(26)27-2)22-20(25)18-11-8-10-17(15-18)9-4-3-5-12-19(24)23-13-6-7-14-23/h8,10-11,15-16H,3,5-7,12-14H2,1-2H3,(H,22,25). The molecule has 0 saturated carbocycles. The summed E-state index contributed by atoms with van der Waals surface area (Å²) in [5.74, 6) is 5.44. The van der Waals surface area contributed by atoms with Gasteiger partial charge in [0.1, 0.15) is 6.04 Å². The molecule has 1 aliphatic rings. The van der Waals surface area contributed by atoms with Gasteiger partial charge in [-0.3, -0.25) is 9.59 Å². The van der Waals surface area contributed by atoms with Gasteiger partial charge in [0.2, 0.25) is 5.91 Å². The van der Waals surface area contributed by atoms with Gasteiger partial charge in [-0.05, 0) is 44.4 Å². The Morgan fingerprint density at radius 1 is 1.26 bits per heavy atom. The van der Waals surface area contributed by atoms with Gasteiger partial charge in [0.15, 0.2) is 0 Å². The van der Waals surface area contributed by atoms with Crippen LogP contribution in [-0.2, 0) is 14.3 Å². The number of hydrogen-bond donors (Lipinski definition) is 1. The molecule has 144 valence electrons. The smallest absolute Gasteiger partial charge is 0.328 e. The number of nitrogens with one attached hydrogen (secondary N) is 1. The third-order valence-corrected chi connectivity index (χ3v) is 4.41. The first kappa shape index (κ1) is 20.5. The highest BCUT2D eigenvalue weighted by atomic mass is 16.5. The van der Waals surface area contributed by atoms with Crippen LogP contribution in [0.1, 0.15) is 54.9 Å². The first-order chi connectivity index (χ1) is 13.0. The summed E-state index contributed by atoms with van der Waals surface area (Å²) >= 11 is 0. The van der Waals surface area contributed by atoms with Crippen LogP contribution in [0.3, 0.4) is 0 Å². The minimum atomic E-state index is -0.717. The minimum absolute atomic E-state index is 0.215. The van der Waals surface area contributed by atoms with Crippen LogP contribution in [0.2, 0.25) is 0 Å². The van der Waals surface area contributed by atoms with E-state index in [4.69, 9.17) is 0 Å². The number of likely N-dealkylation sites (tertiary alicyclic amines) is 1. The van der Waals surface area contributed by atoms with Gasteiger partial charge in [0.05, 0.1) is 7.11 Å². The van der Waals surface area contributed by atoms with E-state index in [0.717, 1.165) is 37.9 Å². The van der Waals surface area contributed by atoms with Gasteiger partial charge in [-0.25, -0.2) is 4.79 Å². The lowest BCUT2D eigenvalue weighted by Crippen LogP contribution is -2.39. The lowest BCUT2D eigenvalue weighted by molar-refractivity contribution is -0.142. The second kappa shape index (κ2) is 10.4. The first-order valence-electron chi connectivity index (χ1n) is 9.26. The van der Waals surface area contributed by atoms with E-state index in [9.17, 15) is 14.4 Å². The fraction of sp³-hybridized carbons (Fsp3) is 0.476. The van der Waals surface area contributed by atoms with Crippen LogP contribution in [0, 0.1) is 11.8 Å². The molecule has 27 heavy (non-hydrogen) atoms. The molecule has 6 heteroatoms. The zero-order valence-corrected chi connectivity index (χ0v) is 15.9. The predicted molar refractivity (Wildman–Crippen MR) is 102 cm³/mol. The van der Waals surface area contributed by atoms with Crippen molar-refractivity contribution < 1.29 is 19.1 Å². The highest BCUT2D eigenvalue weighted by molar-refractivity contribution is 5.96. The number of nitrogens with zero attached hydrogens (tertiary/aromatic N) is 1. The van der Waals surface area contributed by atoms with Crippen molar-refractivity contribution in [2.75, 3.05) is 20.2 Å². The van der Waals surface area contributed by atoms with Crippen LogP contribution in [0.5, 0.6) is 0 Å². The summed E-state index contributed by atoms with van der Waals surface area (Å²) in [6.07, 6.45) is 4.11. The molecule has 1 aliphatic heterocycles. The molecule has 0 spiro atoms. The number of ether oxygens (including phenoxy) is 1. The lowest BCUT2D eigenvalue weighted by atomic mass is 10.1. The SMILES string of the molecule is COC(=O)C(C)NC(=O)c1cccc(C#CCCCC(=O)N2CCCC2)c1. The van der Waals surface area contributed by atoms with Crippen molar-refractivity contribution >= 4 is 17.8 Å². The zero-order chi connectivity index (χ0) is 19.6. The summed E-state index contributed by atoms with van der Waals surface area (Å²) in [5, 5.41) is 2.59. The van der Waals surface area contributed by atoms with Crippen molar-refractivity contribution in [2.24, 2.45) is 0 Å². The van der Waals surface area contributed by atoms with Crippen molar-refractivity contribution in [3.63, 3.8) is 0 Å². The molecule has 0 aliphatic carbocycles. The minimum Gasteiger partial charge on any atom is -0.467 e. The van der Waals surface area contributed by atoms with Crippen molar-refractivity contribution in [1.29, 1.82) is 0 Å². The molecule has 1 fully saturated rings. The normalized spacial score (nSPS) is 14.1. The van der Waals surface area contributed by atoms with E-state index in [1.54, 1.807) is 25.1 Å². The van der Waals surface area contributed by atoms with E-state index < -0.39 is 12.0 Å². The molecule has 2 rings (SSSR count). The molecule has 1 unspecified atom stereocenters. The number of esters is 1. The summed E-state index contributed by atoms with van der Waals surface area (Å²) in [5.41, 5.74) is 1.15. The lowest BCUT2D eigenvalue weighted by Gasteiger charge is -2.14. The molecule has 0 radical (unpaired) electrons. The largest absolute Gasteiger partial charge is 0.467 e. The highest BCUT2D eigenvalue weighted by Crippen LogP contribution is 2.10. The zero-order valence-electron chi connectivity index (χ0n) is 15.9. The fourth-order valence-electron chi connectivity index (χ4n) is 2.87. The molecule has 1 saturated heterocycles. The fourth-order valence-corrected chi connectivity index (χ4v) is 2.87. The highest BCUT2D eigenvalue weighted by Gasteiger charge is 2.17. The molecule has 1 atom stereocenters. The van der Waals surface area contributed by atoms with E-state index in [1.165, 1.54) is 7.11 Å². The van der Waals surface area contributed by atoms with Crippen LogP contribution in [0.25, 0.3) is 0 Å². The molecule has 2 amide bonds. The maximum atomic E-state index is 12.2. The van der Waals surface area contributed by atoms with E-state index in [1.807, 2.05) is 11.0 Å². The summed E-state index contributed by atoms with van der Waals surface area (Å²) in [6, 6.07) is 6.20. The maximum Gasteiger partial charge on any atom is 0.328 e. The number of benzene rings is 1. The predicted octanol–water partition coefficient (Wildman–Crippen LogP) is 2.12. The molecule has 0 aromatic heterocycles. The number of carbonyl (C=O) groups is 3. The van der Waals surface area contributed by atoms with Crippen LogP contribution >= 0.6 is 0 Å². The van der Waals surface area contributed by atoms with Crippen LogP contribution in [0.15, 0.2) is 24.3 Å². The molecule has 1 N–H and O–H groups in total.